The van der Waals surface area contributed by atoms with E-state index in [4.69, 9.17) is 5.73 Å². The molecule has 80 valence electrons. The van der Waals surface area contributed by atoms with Gasteiger partial charge in [0.05, 0.1) is 0 Å². The van der Waals surface area contributed by atoms with E-state index in [-0.39, 0.29) is 6.04 Å². The number of hydrogen-bond donors (Lipinski definition) is 1. The predicted molar refractivity (Wildman–Crippen MR) is 64.9 cm³/mol. The predicted octanol–water partition coefficient (Wildman–Crippen LogP) is 2.46. The van der Waals surface area contributed by atoms with Crippen LogP contribution in [-0.4, -0.2) is 10.6 Å². The molecule has 1 unspecified atom stereocenters. The molecule has 0 radical (unpaired) electrons. The summed E-state index contributed by atoms with van der Waals surface area (Å²) in [4.78, 5) is 0. The molecule has 1 atom stereocenters. The Morgan fingerprint density at radius 1 is 1.33 bits per heavy atom. The Labute approximate surface area is 90.7 Å². The fourth-order valence-corrected chi connectivity index (χ4v) is 1.95. The van der Waals surface area contributed by atoms with E-state index in [0.29, 0.717) is 0 Å². The van der Waals surface area contributed by atoms with Crippen LogP contribution in [0.15, 0.2) is 30.3 Å². The molecule has 0 spiro atoms. The minimum absolute atomic E-state index is 0.271. The molecule has 0 aliphatic heterocycles. The molecule has 0 aliphatic carbocycles. The first-order valence-electron chi connectivity index (χ1n) is 5.51. The van der Waals surface area contributed by atoms with Crippen molar-refractivity contribution < 1.29 is 0 Å². The Kier molecular flexibility index (Phi) is 2.78. The molecular weight excluding hydrogens is 184 g/mol. The van der Waals surface area contributed by atoms with Crippen LogP contribution >= 0.6 is 0 Å². The molecule has 2 nitrogen and oxygen atoms in total. The van der Waals surface area contributed by atoms with Gasteiger partial charge in [0.25, 0.3) is 0 Å². The van der Waals surface area contributed by atoms with Crippen LogP contribution in [0.4, 0.5) is 0 Å². The number of aryl methyl sites for hydroxylation is 1. The molecule has 2 rings (SSSR count). The summed E-state index contributed by atoms with van der Waals surface area (Å²) in [7, 11) is 2.11. The number of nitrogens with zero attached hydrogens (tertiary/aromatic N) is 1. The van der Waals surface area contributed by atoms with Crippen LogP contribution in [0.5, 0.6) is 0 Å². The van der Waals surface area contributed by atoms with E-state index in [1.165, 1.54) is 16.6 Å². The topological polar surface area (TPSA) is 30.9 Å². The van der Waals surface area contributed by atoms with Crippen molar-refractivity contribution >= 4 is 10.9 Å². The minimum atomic E-state index is 0.271. The first kappa shape index (κ1) is 10.2. The van der Waals surface area contributed by atoms with E-state index in [0.717, 1.165) is 12.8 Å². The highest BCUT2D eigenvalue weighted by molar-refractivity contribution is 5.81. The number of aromatic nitrogens is 1. The lowest BCUT2D eigenvalue weighted by Gasteiger charge is -2.09. The van der Waals surface area contributed by atoms with Gasteiger partial charge in [-0.15, -0.1) is 0 Å². The molecule has 0 aliphatic rings. The van der Waals surface area contributed by atoms with Gasteiger partial charge in [0.1, 0.15) is 0 Å². The Bertz CT molecular complexity index is 457. The van der Waals surface area contributed by atoms with Crippen molar-refractivity contribution in [1.29, 1.82) is 0 Å². The highest BCUT2D eigenvalue weighted by Crippen LogP contribution is 2.19. The summed E-state index contributed by atoms with van der Waals surface area (Å²) in [5, 5.41) is 1.30. The quantitative estimate of drug-likeness (QED) is 0.814. The second kappa shape index (κ2) is 4.07. The van der Waals surface area contributed by atoms with Crippen molar-refractivity contribution in [1.82, 2.24) is 4.57 Å². The second-order valence-corrected chi connectivity index (χ2v) is 4.13. The maximum absolute atomic E-state index is 5.98. The van der Waals surface area contributed by atoms with E-state index in [9.17, 15) is 0 Å². The third-order valence-electron chi connectivity index (χ3n) is 3.05. The fourth-order valence-electron chi connectivity index (χ4n) is 1.95. The summed E-state index contributed by atoms with van der Waals surface area (Å²) in [6.07, 6.45) is 1.99. The molecule has 0 saturated heterocycles. The molecule has 0 amide bonds. The number of benzene rings is 1. The van der Waals surface area contributed by atoms with Crippen molar-refractivity contribution in [2.75, 3.05) is 0 Å². The Morgan fingerprint density at radius 3 is 2.73 bits per heavy atom. The highest BCUT2D eigenvalue weighted by Gasteiger charge is 2.07. The molecule has 2 N–H and O–H groups in total. The molecule has 1 aromatic heterocycles. The lowest BCUT2D eigenvalue weighted by atomic mass is 10.1. The molecule has 2 aromatic rings. The van der Waals surface area contributed by atoms with Gasteiger partial charge in [-0.1, -0.05) is 25.1 Å². The van der Waals surface area contributed by atoms with Gasteiger partial charge in [-0.2, -0.15) is 0 Å². The lowest BCUT2D eigenvalue weighted by molar-refractivity contribution is 0.624. The zero-order valence-corrected chi connectivity index (χ0v) is 9.40. The summed E-state index contributed by atoms with van der Waals surface area (Å²) < 4.78 is 2.24. The van der Waals surface area contributed by atoms with Gasteiger partial charge in [-0.25, -0.2) is 0 Å². The van der Waals surface area contributed by atoms with Gasteiger partial charge in [-0.05, 0) is 23.9 Å². The Hall–Kier alpha value is -1.28. The summed E-state index contributed by atoms with van der Waals surface area (Å²) >= 11 is 0. The van der Waals surface area contributed by atoms with E-state index in [2.05, 4.69) is 48.9 Å². The van der Waals surface area contributed by atoms with Crippen LogP contribution in [0.1, 0.15) is 19.0 Å². The van der Waals surface area contributed by atoms with E-state index in [1.54, 1.807) is 0 Å². The molecular formula is C13H18N2. The van der Waals surface area contributed by atoms with Crippen molar-refractivity contribution in [3.05, 3.63) is 36.0 Å². The lowest BCUT2D eigenvalue weighted by Crippen LogP contribution is -2.22. The van der Waals surface area contributed by atoms with Gasteiger partial charge in [0.2, 0.25) is 0 Å². The fraction of sp³-hybridized carbons (Fsp3) is 0.385. The highest BCUT2D eigenvalue weighted by atomic mass is 14.9. The van der Waals surface area contributed by atoms with Gasteiger partial charge in [-0.3, -0.25) is 0 Å². The first-order valence-corrected chi connectivity index (χ1v) is 5.51. The number of fused-ring (bicyclic) bond motifs is 1. The molecule has 1 heterocycles. The van der Waals surface area contributed by atoms with Crippen molar-refractivity contribution in [3.8, 4) is 0 Å². The maximum atomic E-state index is 5.98. The number of hydrogen-bond acceptors (Lipinski definition) is 1. The second-order valence-electron chi connectivity index (χ2n) is 4.13. The Balaban J connectivity index is 2.40. The largest absolute Gasteiger partial charge is 0.348 e. The zero-order chi connectivity index (χ0) is 10.8. The van der Waals surface area contributed by atoms with Crippen LogP contribution < -0.4 is 5.73 Å². The van der Waals surface area contributed by atoms with E-state index in [1.807, 2.05) is 0 Å². The summed E-state index contributed by atoms with van der Waals surface area (Å²) in [5.41, 5.74) is 8.59. The summed E-state index contributed by atoms with van der Waals surface area (Å²) in [5.74, 6) is 0. The van der Waals surface area contributed by atoms with Crippen LogP contribution in [0.25, 0.3) is 10.9 Å². The van der Waals surface area contributed by atoms with E-state index < -0.39 is 0 Å². The standard InChI is InChI=1S/C13H18N2/c1-3-11(14)9-12-8-10-6-4-5-7-13(10)15(12)2/h4-8,11H,3,9,14H2,1-2H3. The van der Waals surface area contributed by atoms with Gasteiger partial charge >= 0.3 is 0 Å². The SMILES string of the molecule is CCC(N)Cc1cc2ccccc2n1C. The molecule has 0 fully saturated rings. The molecule has 0 saturated carbocycles. The minimum Gasteiger partial charge on any atom is -0.348 e. The Morgan fingerprint density at radius 2 is 2.07 bits per heavy atom. The van der Waals surface area contributed by atoms with Crippen LogP contribution in [0, 0.1) is 0 Å². The smallest absolute Gasteiger partial charge is 0.0479 e. The summed E-state index contributed by atoms with van der Waals surface area (Å²) in [6.45, 7) is 2.13. The van der Waals surface area contributed by atoms with Crippen molar-refractivity contribution in [3.63, 3.8) is 0 Å². The normalized spacial score (nSPS) is 13.3. The third-order valence-corrected chi connectivity index (χ3v) is 3.05. The molecule has 0 bridgehead atoms. The van der Waals surface area contributed by atoms with Crippen molar-refractivity contribution in [2.45, 2.75) is 25.8 Å². The average molecular weight is 202 g/mol. The van der Waals surface area contributed by atoms with E-state index >= 15 is 0 Å². The van der Waals surface area contributed by atoms with Crippen LogP contribution in [0.3, 0.4) is 0 Å². The average Bonchev–Trinajstić information content (AvgIpc) is 2.57. The summed E-state index contributed by atoms with van der Waals surface area (Å²) in [6, 6.07) is 11.0. The van der Waals surface area contributed by atoms with Gasteiger partial charge in [0.15, 0.2) is 0 Å². The number of nitrogens with two attached hydrogens (primary N) is 1. The first-order chi connectivity index (χ1) is 7.22. The maximum Gasteiger partial charge on any atom is 0.0479 e. The van der Waals surface area contributed by atoms with Gasteiger partial charge in [0, 0.05) is 30.7 Å². The van der Waals surface area contributed by atoms with Crippen LogP contribution in [0.2, 0.25) is 0 Å². The zero-order valence-electron chi connectivity index (χ0n) is 9.40. The number of rotatable bonds is 3. The monoisotopic (exact) mass is 202 g/mol. The molecule has 1 aromatic carbocycles. The van der Waals surface area contributed by atoms with Crippen molar-refractivity contribution in [2.24, 2.45) is 12.8 Å². The van der Waals surface area contributed by atoms with Crippen LogP contribution in [-0.2, 0) is 13.5 Å². The number of para-hydroxylation sites is 1. The molecule has 15 heavy (non-hydrogen) atoms. The van der Waals surface area contributed by atoms with Gasteiger partial charge < -0.3 is 10.3 Å². The molecule has 2 heteroatoms. The third kappa shape index (κ3) is 1.90.